The Kier molecular flexibility index (Phi) is 14.8. The van der Waals surface area contributed by atoms with E-state index < -0.39 is 135 Å². The van der Waals surface area contributed by atoms with Gasteiger partial charge in [0.1, 0.15) is 67.1 Å². The maximum Gasteiger partial charge on any atom is 0.288 e. The molecule has 406 valence electrons. The molecule has 0 aromatic heterocycles. The predicted octanol–water partition coefficient (Wildman–Crippen LogP) is 0.443. The van der Waals surface area contributed by atoms with Gasteiger partial charge in [0.2, 0.25) is 0 Å². The summed E-state index contributed by atoms with van der Waals surface area (Å²) in [7, 11) is 0. The summed E-state index contributed by atoms with van der Waals surface area (Å²) in [6.07, 6.45) is -17.0. The Morgan fingerprint density at radius 1 is 0.648 bits per heavy atom. The van der Waals surface area contributed by atoms with E-state index in [1.54, 1.807) is 0 Å². The van der Waals surface area contributed by atoms with Crippen molar-refractivity contribution in [1.29, 1.82) is 0 Å². The molecule has 0 radical (unpaired) electrons. The Morgan fingerprint density at radius 3 is 2.04 bits per heavy atom. The molecule has 10 N–H and O–H groups in total. The highest BCUT2D eigenvalue weighted by Gasteiger charge is 2.69. The molecule has 1 spiro atoms. The first-order valence-corrected chi connectivity index (χ1v) is 26.6. The van der Waals surface area contributed by atoms with Gasteiger partial charge < -0.3 is 93.7 Å². The highest BCUT2D eigenvalue weighted by Crippen LogP contribution is 2.71. The van der Waals surface area contributed by atoms with Crippen molar-refractivity contribution >= 4 is 0 Å². The number of fused-ring (bicyclic) bond motifs is 7. The topological polar surface area (TPSA) is 295 Å². The maximum absolute atomic E-state index is 11.5. The van der Waals surface area contributed by atoms with Crippen LogP contribution in [0.4, 0.5) is 0 Å². The van der Waals surface area contributed by atoms with Crippen molar-refractivity contribution in [1.82, 2.24) is 0 Å². The third-order valence-corrected chi connectivity index (χ3v) is 19.6. The lowest BCUT2D eigenvalue weighted by Crippen LogP contribution is -2.66. The van der Waals surface area contributed by atoms with Crippen LogP contribution in [0.25, 0.3) is 0 Å². The SMILES string of the molecule is CC1CCC2(OC1)OC1CC3C4CC=C5CC(OC6OC(COC7OC(C)C(O)C(O)C7OC7(OC8OC(C)C(O)C(O)C8O)CC(O)C(O)C(C)O7)C(O)C(O)C6O)CCC5(C)C4CCC3(C)C1C2C. The fourth-order valence-corrected chi connectivity index (χ4v) is 15.3. The second kappa shape index (κ2) is 19.7. The van der Waals surface area contributed by atoms with E-state index in [4.69, 9.17) is 47.4 Å². The average Bonchev–Trinajstić information content (AvgIpc) is 3.78. The van der Waals surface area contributed by atoms with Crippen LogP contribution in [0, 0.1) is 46.3 Å². The maximum atomic E-state index is 11.5. The van der Waals surface area contributed by atoms with Crippen molar-refractivity contribution < 1.29 is 98.4 Å². The molecular weight excluding hydrogens is 933 g/mol. The van der Waals surface area contributed by atoms with Crippen molar-refractivity contribution in [2.45, 2.75) is 247 Å². The zero-order valence-electron chi connectivity index (χ0n) is 42.1. The Hall–Kier alpha value is -1.06. The van der Waals surface area contributed by atoms with Crippen molar-refractivity contribution in [3.63, 3.8) is 0 Å². The highest BCUT2D eigenvalue weighted by molar-refractivity contribution is 5.26. The number of rotatable bonds is 9. The molecule has 0 aromatic rings. The van der Waals surface area contributed by atoms with Crippen molar-refractivity contribution in [2.24, 2.45) is 46.3 Å². The van der Waals surface area contributed by atoms with Gasteiger partial charge >= 0.3 is 0 Å². The molecule has 10 aliphatic rings. The summed E-state index contributed by atoms with van der Waals surface area (Å²) in [5.74, 6) is 0.140. The minimum Gasteiger partial charge on any atom is -0.390 e. The zero-order chi connectivity index (χ0) is 50.9. The van der Waals surface area contributed by atoms with Crippen LogP contribution in [0.2, 0.25) is 0 Å². The third-order valence-electron chi connectivity index (χ3n) is 19.6. The van der Waals surface area contributed by atoms with E-state index in [1.165, 1.54) is 26.3 Å². The molecule has 0 amide bonds. The quantitative estimate of drug-likeness (QED) is 0.111. The van der Waals surface area contributed by atoms with Crippen molar-refractivity contribution in [2.75, 3.05) is 13.2 Å². The summed E-state index contributed by atoms with van der Waals surface area (Å²) in [6.45, 7) is 14.1. The third kappa shape index (κ3) is 9.13. The monoisotopic (exact) mass is 1010 g/mol. The fraction of sp³-hybridized carbons (Fsp3) is 0.961. The molecule has 4 aliphatic carbocycles. The summed E-state index contributed by atoms with van der Waals surface area (Å²) < 4.78 is 62.1. The van der Waals surface area contributed by atoms with E-state index in [9.17, 15) is 51.1 Å². The van der Waals surface area contributed by atoms with E-state index in [2.05, 4.69) is 33.8 Å². The van der Waals surface area contributed by atoms with E-state index in [0.717, 1.165) is 51.6 Å². The van der Waals surface area contributed by atoms with Crippen molar-refractivity contribution in [3.05, 3.63) is 11.6 Å². The Balaban J connectivity index is 0.801. The molecule has 0 aromatic carbocycles. The van der Waals surface area contributed by atoms with E-state index >= 15 is 0 Å². The lowest BCUT2D eigenvalue weighted by Gasteiger charge is -2.58. The van der Waals surface area contributed by atoms with Gasteiger partial charge in [0.25, 0.3) is 5.97 Å². The number of allylic oxidation sites excluding steroid dienone is 1. The van der Waals surface area contributed by atoms with Gasteiger partial charge in [-0.05, 0) is 113 Å². The van der Waals surface area contributed by atoms with Crippen LogP contribution in [0.15, 0.2) is 11.6 Å². The lowest BCUT2D eigenvalue weighted by atomic mass is 9.47. The number of hydrogen-bond donors (Lipinski definition) is 10. The first kappa shape index (κ1) is 53.3. The van der Waals surface area contributed by atoms with Gasteiger partial charge in [-0.1, -0.05) is 39.3 Å². The molecule has 20 heteroatoms. The molecule has 6 heterocycles. The summed E-state index contributed by atoms with van der Waals surface area (Å²) >= 11 is 0. The second-order valence-corrected chi connectivity index (χ2v) is 24.0. The fourth-order valence-electron chi connectivity index (χ4n) is 15.3. The van der Waals surface area contributed by atoms with Crippen LogP contribution in [0.5, 0.6) is 0 Å². The molecule has 0 bridgehead atoms. The zero-order valence-corrected chi connectivity index (χ0v) is 42.1. The second-order valence-electron chi connectivity index (χ2n) is 24.0. The Labute approximate surface area is 415 Å². The lowest BCUT2D eigenvalue weighted by molar-refractivity contribution is -0.494. The van der Waals surface area contributed by atoms with E-state index in [1.807, 2.05) is 0 Å². The molecule has 71 heavy (non-hydrogen) atoms. The number of ether oxygens (including phenoxy) is 10. The van der Waals surface area contributed by atoms with Crippen LogP contribution in [-0.2, 0) is 47.4 Å². The van der Waals surface area contributed by atoms with Gasteiger partial charge in [-0.3, -0.25) is 4.74 Å². The summed E-state index contributed by atoms with van der Waals surface area (Å²) in [6, 6.07) is 0. The van der Waals surface area contributed by atoms with Gasteiger partial charge in [-0.25, -0.2) is 0 Å². The van der Waals surface area contributed by atoms with Crippen LogP contribution in [0.1, 0.15) is 113 Å². The molecule has 30 atom stereocenters. The summed E-state index contributed by atoms with van der Waals surface area (Å²) in [5, 5.41) is 109. The normalized spacial score (nSPS) is 58.4. The Bertz CT molecular complexity index is 1890. The molecule has 9 fully saturated rings. The smallest absolute Gasteiger partial charge is 0.288 e. The number of aliphatic hydroxyl groups is 10. The van der Waals surface area contributed by atoms with Gasteiger partial charge in [0.05, 0.1) is 56.3 Å². The predicted molar refractivity (Wildman–Crippen MR) is 244 cm³/mol. The minimum absolute atomic E-state index is 0.0161. The van der Waals surface area contributed by atoms with Gasteiger partial charge in [0, 0.05) is 12.3 Å². The van der Waals surface area contributed by atoms with Crippen LogP contribution in [0.3, 0.4) is 0 Å². The first-order valence-electron chi connectivity index (χ1n) is 26.6. The van der Waals surface area contributed by atoms with E-state index in [0.29, 0.717) is 48.3 Å². The number of hydrogen-bond acceptors (Lipinski definition) is 20. The molecule has 10 rings (SSSR count). The largest absolute Gasteiger partial charge is 0.390 e. The molecule has 6 saturated heterocycles. The highest BCUT2D eigenvalue weighted by atomic mass is 16.9. The van der Waals surface area contributed by atoms with Gasteiger partial charge in [-0.15, -0.1) is 0 Å². The minimum atomic E-state index is -2.46. The van der Waals surface area contributed by atoms with Crippen LogP contribution in [-0.4, -0.2) is 199 Å². The van der Waals surface area contributed by atoms with Gasteiger partial charge in [0.15, 0.2) is 24.7 Å². The van der Waals surface area contributed by atoms with Crippen molar-refractivity contribution in [3.8, 4) is 0 Å². The molecular formula is C51H82O20. The van der Waals surface area contributed by atoms with E-state index in [-0.39, 0.29) is 23.0 Å². The van der Waals surface area contributed by atoms with Gasteiger partial charge in [-0.2, -0.15) is 0 Å². The molecule has 20 nitrogen and oxygen atoms in total. The average molecular weight is 1020 g/mol. The molecule has 30 unspecified atom stereocenters. The molecule has 3 saturated carbocycles. The Morgan fingerprint density at radius 2 is 1.34 bits per heavy atom. The van der Waals surface area contributed by atoms with Crippen LogP contribution < -0.4 is 0 Å². The summed E-state index contributed by atoms with van der Waals surface area (Å²) in [4.78, 5) is 0. The summed E-state index contributed by atoms with van der Waals surface area (Å²) in [5.41, 5.74) is 1.52. The first-order chi connectivity index (χ1) is 33.5. The number of aliphatic hydroxyl groups excluding tert-OH is 10. The molecule has 6 aliphatic heterocycles. The van der Waals surface area contributed by atoms with Crippen LogP contribution >= 0.6 is 0 Å². The standard InChI is InChI=1S/C51H82O20/c1-21-10-15-50(63-19-21)22(2)34-32(69-50)17-30-28-9-8-26-16-27(11-13-48(26,6)29(28)12-14-49(30,34)7)66-45-42(60)40(58)38(56)33(67-45)20-62-47-44(41(59)37(55)24(4)65-47)70-51(18-31(52)35(53)25(5)68-51)71-46-43(61)39(57)36(54)23(3)64-46/h8,21-25,27-47,52-61H,9-20H2,1-7H3.